The third-order valence-electron chi connectivity index (χ3n) is 3.59. The average molecular weight is 375 g/mol. The number of nitrogens with zero attached hydrogens (tertiary/aromatic N) is 2. The Bertz CT molecular complexity index is 983. The molecule has 0 aliphatic heterocycles. The smallest absolute Gasteiger partial charge is 0.347 e. The number of hydrogen-bond donors (Lipinski definition) is 1. The van der Waals surface area contributed by atoms with Gasteiger partial charge in [-0.2, -0.15) is 0 Å². The van der Waals surface area contributed by atoms with Gasteiger partial charge in [0.2, 0.25) is 0 Å². The van der Waals surface area contributed by atoms with Gasteiger partial charge >= 0.3 is 5.97 Å². The van der Waals surface area contributed by atoms with E-state index in [0.29, 0.717) is 32.4 Å². The van der Waals surface area contributed by atoms with Crippen LogP contribution < -0.4 is 0 Å². The van der Waals surface area contributed by atoms with E-state index in [2.05, 4.69) is 4.98 Å². The van der Waals surface area contributed by atoms with E-state index in [1.54, 1.807) is 43.3 Å². The number of nitro benzene ring substituents is 1. The summed E-state index contributed by atoms with van der Waals surface area (Å²) in [5, 5.41) is 21.6. The quantitative estimate of drug-likeness (QED) is 0.509. The monoisotopic (exact) mass is 374 g/mol. The molecule has 0 radical (unpaired) electrons. The van der Waals surface area contributed by atoms with Gasteiger partial charge < -0.3 is 5.11 Å². The highest BCUT2D eigenvalue weighted by Crippen LogP contribution is 2.36. The second kappa shape index (κ2) is 6.62. The first-order valence-corrected chi connectivity index (χ1v) is 8.31. The summed E-state index contributed by atoms with van der Waals surface area (Å²) in [6.45, 7) is 1.60. The van der Waals surface area contributed by atoms with Crippen LogP contribution in [0.3, 0.4) is 0 Å². The first kappa shape index (κ1) is 17.1. The molecule has 0 fully saturated rings. The second-order valence-corrected chi connectivity index (χ2v) is 6.67. The Kier molecular flexibility index (Phi) is 4.52. The van der Waals surface area contributed by atoms with Crippen molar-refractivity contribution in [3.63, 3.8) is 0 Å². The van der Waals surface area contributed by atoms with E-state index < -0.39 is 10.9 Å². The van der Waals surface area contributed by atoms with E-state index in [4.69, 9.17) is 16.7 Å². The maximum absolute atomic E-state index is 11.5. The average Bonchev–Trinajstić information content (AvgIpc) is 2.97. The van der Waals surface area contributed by atoms with Crippen LogP contribution in [-0.4, -0.2) is 21.0 Å². The van der Waals surface area contributed by atoms with E-state index in [1.165, 1.54) is 6.07 Å². The van der Waals surface area contributed by atoms with Crippen molar-refractivity contribution in [2.75, 3.05) is 0 Å². The van der Waals surface area contributed by atoms with Crippen molar-refractivity contribution in [3.8, 4) is 21.7 Å². The van der Waals surface area contributed by atoms with Crippen LogP contribution in [0, 0.1) is 17.0 Å². The fraction of sp³-hybridized carbons (Fsp3) is 0.0588. The van der Waals surface area contributed by atoms with Crippen molar-refractivity contribution in [2.45, 2.75) is 6.92 Å². The summed E-state index contributed by atoms with van der Waals surface area (Å²) in [7, 11) is 0. The lowest BCUT2D eigenvalue weighted by molar-refractivity contribution is -0.384. The fourth-order valence-corrected chi connectivity index (χ4v) is 3.43. The Labute approximate surface area is 151 Å². The normalized spacial score (nSPS) is 10.6. The molecule has 0 aliphatic carbocycles. The number of hydrogen-bond acceptors (Lipinski definition) is 5. The van der Waals surface area contributed by atoms with Gasteiger partial charge in [0.05, 0.1) is 16.2 Å². The van der Waals surface area contributed by atoms with Gasteiger partial charge in [-0.05, 0) is 30.7 Å². The van der Waals surface area contributed by atoms with Crippen LogP contribution in [-0.2, 0) is 0 Å². The second-order valence-electron chi connectivity index (χ2n) is 5.23. The summed E-state index contributed by atoms with van der Waals surface area (Å²) in [5.41, 5.74) is 1.94. The molecule has 3 aromatic rings. The van der Waals surface area contributed by atoms with E-state index in [-0.39, 0.29) is 10.6 Å². The van der Waals surface area contributed by atoms with Gasteiger partial charge in [0.25, 0.3) is 5.69 Å². The lowest BCUT2D eigenvalue weighted by Crippen LogP contribution is -1.94. The van der Waals surface area contributed by atoms with Gasteiger partial charge in [-0.3, -0.25) is 10.1 Å². The summed E-state index contributed by atoms with van der Waals surface area (Å²) in [6, 6.07) is 11.5. The molecule has 0 spiro atoms. The van der Waals surface area contributed by atoms with Crippen LogP contribution in [0.2, 0.25) is 5.02 Å². The highest BCUT2D eigenvalue weighted by atomic mass is 35.5. The number of thiazole rings is 1. The first-order chi connectivity index (χ1) is 11.9. The van der Waals surface area contributed by atoms with Crippen LogP contribution in [0.1, 0.15) is 15.4 Å². The molecule has 25 heavy (non-hydrogen) atoms. The van der Waals surface area contributed by atoms with Crippen LogP contribution in [0.25, 0.3) is 21.7 Å². The third kappa shape index (κ3) is 3.38. The minimum Gasteiger partial charge on any atom is -0.477 e. The summed E-state index contributed by atoms with van der Waals surface area (Å²) >= 11 is 6.85. The van der Waals surface area contributed by atoms with Crippen molar-refractivity contribution in [1.82, 2.24) is 4.98 Å². The topological polar surface area (TPSA) is 93.3 Å². The molecular formula is C17H11ClN2O4S. The molecule has 0 amide bonds. The molecule has 3 rings (SSSR count). The molecule has 0 saturated heterocycles. The third-order valence-corrected chi connectivity index (χ3v) is 5.03. The fourth-order valence-electron chi connectivity index (χ4n) is 2.41. The van der Waals surface area contributed by atoms with Crippen LogP contribution in [0.4, 0.5) is 5.69 Å². The van der Waals surface area contributed by atoms with Gasteiger partial charge in [-0.25, -0.2) is 9.78 Å². The SMILES string of the molecule is Cc1nc(-c2ccc(-c3ccc(Cl)cc3)c([N+](=O)[O-])c2)sc1C(=O)O. The molecule has 0 atom stereocenters. The van der Waals surface area contributed by atoms with Crippen molar-refractivity contribution < 1.29 is 14.8 Å². The number of nitro groups is 1. The van der Waals surface area contributed by atoms with E-state index >= 15 is 0 Å². The Morgan fingerprint density at radius 3 is 2.40 bits per heavy atom. The number of carboxylic acids is 1. The molecule has 8 heteroatoms. The number of rotatable bonds is 4. The zero-order valence-corrected chi connectivity index (χ0v) is 14.5. The number of benzene rings is 2. The summed E-state index contributed by atoms with van der Waals surface area (Å²) in [5.74, 6) is -1.06. The van der Waals surface area contributed by atoms with Crippen LogP contribution in [0.15, 0.2) is 42.5 Å². The molecule has 0 aliphatic rings. The Morgan fingerprint density at radius 2 is 1.84 bits per heavy atom. The first-order valence-electron chi connectivity index (χ1n) is 7.12. The summed E-state index contributed by atoms with van der Waals surface area (Å²) < 4.78 is 0. The lowest BCUT2D eigenvalue weighted by atomic mass is 10.0. The predicted molar refractivity (Wildman–Crippen MR) is 96.3 cm³/mol. The molecule has 1 N–H and O–H groups in total. The summed E-state index contributed by atoms with van der Waals surface area (Å²) in [6.07, 6.45) is 0. The summed E-state index contributed by atoms with van der Waals surface area (Å²) in [4.78, 5) is 26.5. The van der Waals surface area contributed by atoms with E-state index in [0.717, 1.165) is 11.3 Å². The van der Waals surface area contributed by atoms with E-state index in [9.17, 15) is 14.9 Å². The Hall–Kier alpha value is -2.77. The highest BCUT2D eigenvalue weighted by molar-refractivity contribution is 7.17. The highest BCUT2D eigenvalue weighted by Gasteiger charge is 2.20. The Balaban J connectivity index is 2.11. The molecule has 0 unspecified atom stereocenters. The standard InChI is InChI=1S/C17H11ClN2O4S/c1-9-15(17(21)22)25-16(19-9)11-4-7-13(14(8-11)20(23)24)10-2-5-12(18)6-3-10/h2-8H,1H3,(H,21,22). The number of halogens is 1. The van der Waals surface area contributed by atoms with Gasteiger partial charge in [0.1, 0.15) is 9.88 Å². The molecular weight excluding hydrogens is 364 g/mol. The number of aryl methyl sites for hydroxylation is 1. The van der Waals surface area contributed by atoms with E-state index in [1.807, 2.05) is 0 Å². The van der Waals surface area contributed by atoms with Crippen molar-refractivity contribution in [2.24, 2.45) is 0 Å². The van der Waals surface area contributed by atoms with Gasteiger partial charge in [0.15, 0.2) is 0 Å². The maximum Gasteiger partial charge on any atom is 0.347 e. The maximum atomic E-state index is 11.5. The molecule has 126 valence electrons. The minimum absolute atomic E-state index is 0.0791. The van der Waals surface area contributed by atoms with Crippen molar-refractivity contribution in [1.29, 1.82) is 0 Å². The van der Waals surface area contributed by atoms with Crippen LogP contribution >= 0.6 is 22.9 Å². The molecule has 1 aromatic heterocycles. The Morgan fingerprint density at radius 1 is 1.20 bits per heavy atom. The van der Waals surface area contributed by atoms with Gasteiger partial charge in [-0.1, -0.05) is 29.8 Å². The van der Waals surface area contributed by atoms with Gasteiger partial charge in [0, 0.05) is 16.7 Å². The minimum atomic E-state index is -1.06. The molecule has 0 bridgehead atoms. The number of aromatic carboxylic acids is 1. The number of aromatic nitrogens is 1. The van der Waals surface area contributed by atoms with Crippen molar-refractivity contribution >= 4 is 34.6 Å². The van der Waals surface area contributed by atoms with Crippen molar-refractivity contribution in [3.05, 3.63) is 68.2 Å². The largest absolute Gasteiger partial charge is 0.477 e. The molecule has 0 saturated carbocycles. The van der Waals surface area contributed by atoms with Crippen LogP contribution in [0.5, 0.6) is 0 Å². The zero-order valence-electron chi connectivity index (χ0n) is 12.9. The zero-order chi connectivity index (χ0) is 18.1. The number of carbonyl (C=O) groups is 1. The molecule has 2 aromatic carbocycles. The van der Waals surface area contributed by atoms with Gasteiger partial charge in [-0.15, -0.1) is 11.3 Å². The lowest BCUT2D eigenvalue weighted by Gasteiger charge is -2.05. The predicted octanol–water partition coefficient (Wildman–Crippen LogP) is 5.05. The molecule has 6 nitrogen and oxygen atoms in total. The number of carboxylic acid groups (broad SMARTS) is 1. The molecule has 1 heterocycles.